The lowest BCUT2D eigenvalue weighted by atomic mass is 10.2. The Balaban J connectivity index is 2.42. The number of halogens is 2. The van der Waals surface area contributed by atoms with Crippen LogP contribution in [0, 0.1) is 10.1 Å². The van der Waals surface area contributed by atoms with Gasteiger partial charge in [-0.05, 0) is 24.3 Å². The molecule has 7 nitrogen and oxygen atoms in total. The number of pyridine rings is 1. The van der Waals surface area contributed by atoms with Crippen molar-refractivity contribution in [1.29, 1.82) is 0 Å². The van der Waals surface area contributed by atoms with Crippen molar-refractivity contribution >= 4 is 21.2 Å². The van der Waals surface area contributed by atoms with Crippen molar-refractivity contribution in [2.75, 3.05) is 11.9 Å². The third-order valence-corrected chi connectivity index (χ3v) is 4.62. The van der Waals surface area contributed by atoms with Crippen LogP contribution in [0.25, 0.3) is 0 Å². The normalized spacial score (nSPS) is 11.5. The Kier molecular flexibility index (Phi) is 5.07. The van der Waals surface area contributed by atoms with E-state index in [2.05, 4.69) is 4.98 Å². The summed E-state index contributed by atoms with van der Waals surface area (Å²) in [5.74, 6) is -3.64. The molecular weight excluding hydrogens is 344 g/mol. The second-order valence-corrected chi connectivity index (χ2v) is 6.81. The van der Waals surface area contributed by atoms with Crippen molar-refractivity contribution in [3.63, 3.8) is 0 Å². The summed E-state index contributed by atoms with van der Waals surface area (Å²) in [5.41, 5.74) is 0.160. The summed E-state index contributed by atoms with van der Waals surface area (Å²) >= 11 is 0. The van der Waals surface area contributed by atoms with Crippen LogP contribution in [0.15, 0.2) is 47.5 Å². The van der Waals surface area contributed by atoms with Crippen LogP contribution in [0.4, 0.5) is 20.2 Å². The number of nitro benzene ring substituents is 1. The van der Waals surface area contributed by atoms with Crippen molar-refractivity contribution in [2.24, 2.45) is 0 Å². The highest BCUT2D eigenvalue weighted by Crippen LogP contribution is 2.32. The van der Waals surface area contributed by atoms with Gasteiger partial charge in [-0.2, -0.15) is 8.78 Å². The third kappa shape index (κ3) is 3.65. The number of hydrogen-bond donors (Lipinski definition) is 0. The first-order chi connectivity index (χ1) is 11.2. The number of aromatic nitrogens is 1. The second-order valence-electron chi connectivity index (χ2n) is 4.89. The number of alkyl halides is 2. The summed E-state index contributed by atoms with van der Waals surface area (Å²) in [4.78, 5) is 15.2. The highest BCUT2D eigenvalue weighted by Gasteiger charge is 2.30. The summed E-state index contributed by atoms with van der Waals surface area (Å²) in [6, 6.07) is 7.90. The zero-order chi connectivity index (χ0) is 17.9. The quantitative estimate of drug-likeness (QED) is 0.583. The van der Waals surface area contributed by atoms with E-state index in [1.54, 1.807) is 31.4 Å². The van der Waals surface area contributed by atoms with Gasteiger partial charge in [-0.3, -0.25) is 15.1 Å². The average molecular weight is 357 g/mol. The first-order valence-electron chi connectivity index (χ1n) is 6.65. The minimum Gasteiger partial charge on any atom is -0.363 e. The zero-order valence-corrected chi connectivity index (χ0v) is 13.3. The van der Waals surface area contributed by atoms with Crippen LogP contribution in [0.5, 0.6) is 0 Å². The fourth-order valence-corrected chi connectivity index (χ4v) is 2.81. The number of benzene rings is 1. The Morgan fingerprint density at radius 1 is 1.29 bits per heavy atom. The van der Waals surface area contributed by atoms with Gasteiger partial charge >= 0.3 is 5.76 Å². The largest absolute Gasteiger partial charge is 0.363 e. The van der Waals surface area contributed by atoms with E-state index in [9.17, 15) is 27.3 Å². The van der Waals surface area contributed by atoms with Crippen LogP contribution >= 0.6 is 0 Å². The first kappa shape index (κ1) is 17.7. The lowest BCUT2D eigenvalue weighted by Crippen LogP contribution is -2.19. The van der Waals surface area contributed by atoms with Crippen molar-refractivity contribution in [1.82, 2.24) is 4.98 Å². The second kappa shape index (κ2) is 6.87. The number of nitrogens with zero attached hydrogens (tertiary/aromatic N) is 3. The van der Waals surface area contributed by atoms with Gasteiger partial charge < -0.3 is 4.90 Å². The number of rotatable bonds is 6. The monoisotopic (exact) mass is 357 g/mol. The van der Waals surface area contributed by atoms with Gasteiger partial charge in [-0.25, -0.2) is 8.42 Å². The van der Waals surface area contributed by atoms with Crippen LogP contribution in [0.2, 0.25) is 0 Å². The molecule has 0 radical (unpaired) electrons. The molecule has 0 atom stereocenters. The molecule has 1 heterocycles. The Labute approximate surface area is 136 Å². The summed E-state index contributed by atoms with van der Waals surface area (Å²) in [6.07, 6.45) is 1.57. The van der Waals surface area contributed by atoms with E-state index in [-0.39, 0.29) is 12.2 Å². The molecule has 24 heavy (non-hydrogen) atoms. The standard InChI is InChI=1S/C14H13F2N3O4S/c1-18(9-10-4-2-3-7-17-10)12-6-5-11(8-13(12)19(20)21)24(22,23)14(15)16/h2-8,14H,9H2,1H3. The molecule has 128 valence electrons. The SMILES string of the molecule is CN(Cc1ccccn1)c1ccc(S(=O)(=O)C(F)F)cc1[N+](=O)[O-]. The molecule has 2 rings (SSSR count). The van der Waals surface area contributed by atoms with Gasteiger partial charge in [0.2, 0.25) is 9.84 Å². The molecule has 0 N–H and O–H groups in total. The highest BCUT2D eigenvalue weighted by molar-refractivity contribution is 7.91. The fourth-order valence-electron chi connectivity index (χ4n) is 2.07. The van der Waals surface area contributed by atoms with Gasteiger partial charge in [-0.15, -0.1) is 0 Å². The van der Waals surface area contributed by atoms with E-state index in [0.717, 1.165) is 12.1 Å². The molecule has 10 heteroatoms. The van der Waals surface area contributed by atoms with E-state index in [1.807, 2.05) is 0 Å². The Hall–Kier alpha value is -2.62. The first-order valence-corrected chi connectivity index (χ1v) is 8.19. The van der Waals surface area contributed by atoms with Crippen molar-refractivity contribution in [3.8, 4) is 0 Å². The fraction of sp³-hybridized carbons (Fsp3) is 0.214. The molecule has 2 aromatic rings. The Bertz CT molecular complexity index is 844. The van der Waals surface area contributed by atoms with Gasteiger partial charge in [0.25, 0.3) is 5.69 Å². The van der Waals surface area contributed by atoms with E-state index >= 15 is 0 Å². The molecule has 0 fully saturated rings. The maximum atomic E-state index is 12.6. The van der Waals surface area contributed by atoms with Gasteiger partial charge in [-0.1, -0.05) is 6.07 Å². The molecule has 0 bridgehead atoms. The van der Waals surface area contributed by atoms with E-state index in [1.165, 1.54) is 4.90 Å². The molecule has 0 saturated carbocycles. The zero-order valence-electron chi connectivity index (χ0n) is 12.5. The van der Waals surface area contributed by atoms with Gasteiger partial charge in [0.15, 0.2) is 0 Å². The lowest BCUT2D eigenvalue weighted by molar-refractivity contribution is -0.384. The molecule has 1 aromatic heterocycles. The summed E-state index contributed by atoms with van der Waals surface area (Å²) in [6.45, 7) is 0.225. The highest BCUT2D eigenvalue weighted by atomic mass is 32.2. The topological polar surface area (TPSA) is 93.4 Å². The average Bonchev–Trinajstić information content (AvgIpc) is 2.54. The third-order valence-electron chi connectivity index (χ3n) is 3.24. The number of nitro groups is 1. The van der Waals surface area contributed by atoms with Crippen molar-refractivity contribution in [2.45, 2.75) is 17.2 Å². The van der Waals surface area contributed by atoms with Crippen LogP contribution < -0.4 is 4.90 Å². The molecular formula is C14H13F2N3O4S. The molecule has 1 aromatic carbocycles. The molecule has 0 unspecified atom stereocenters. The molecule has 0 amide bonds. The maximum Gasteiger partial charge on any atom is 0.341 e. The predicted octanol–water partition coefficient (Wildman–Crippen LogP) is 2.62. The summed E-state index contributed by atoms with van der Waals surface area (Å²) < 4.78 is 48.2. The van der Waals surface area contributed by atoms with Crippen LogP contribution in [0.1, 0.15) is 5.69 Å². The van der Waals surface area contributed by atoms with E-state index in [4.69, 9.17) is 0 Å². The molecule has 0 aliphatic heterocycles. The maximum absolute atomic E-state index is 12.6. The Morgan fingerprint density at radius 2 is 2.00 bits per heavy atom. The van der Waals surface area contributed by atoms with Crippen LogP contribution in [0.3, 0.4) is 0 Å². The van der Waals surface area contributed by atoms with Crippen molar-refractivity contribution in [3.05, 3.63) is 58.4 Å². The molecule has 0 aliphatic rings. The number of sulfone groups is 1. The lowest BCUT2D eigenvalue weighted by Gasteiger charge is -2.19. The van der Waals surface area contributed by atoms with Crippen LogP contribution in [-0.4, -0.2) is 31.1 Å². The Morgan fingerprint density at radius 3 is 2.54 bits per heavy atom. The van der Waals surface area contributed by atoms with Gasteiger partial charge in [0.05, 0.1) is 22.1 Å². The number of hydrogen-bond acceptors (Lipinski definition) is 6. The van der Waals surface area contributed by atoms with Gasteiger partial charge in [0, 0.05) is 19.3 Å². The molecule has 0 aliphatic carbocycles. The predicted molar refractivity (Wildman–Crippen MR) is 82.6 cm³/mol. The van der Waals surface area contributed by atoms with E-state index < -0.39 is 31.1 Å². The summed E-state index contributed by atoms with van der Waals surface area (Å²) in [5, 5.41) is 11.2. The van der Waals surface area contributed by atoms with Crippen LogP contribution in [-0.2, 0) is 16.4 Å². The van der Waals surface area contributed by atoms with E-state index in [0.29, 0.717) is 11.8 Å². The van der Waals surface area contributed by atoms with Crippen molar-refractivity contribution < 1.29 is 22.1 Å². The smallest absolute Gasteiger partial charge is 0.341 e. The minimum absolute atomic E-state index is 0.0962. The molecule has 0 saturated heterocycles. The minimum atomic E-state index is -4.90. The van der Waals surface area contributed by atoms with Gasteiger partial charge in [0.1, 0.15) is 5.69 Å². The number of anilines is 1. The molecule has 0 spiro atoms. The summed E-state index contributed by atoms with van der Waals surface area (Å²) in [7, 11) is -3.35.